The van der Waals surface area contributed by atoms with Gasteiger partial charge in [-0.15, -0.1) is 0 Å². The molecule has 0 unspecified atom stereocenters. The van der Waals surface area contributed by atoms with E-state index >= 15 is 0 Å². The quantitative estimate of drug-likeness (QED) is 0.129. The Morgan fingerprint density at radius 1 is 0.925 bits per heavy atom. The van der Waals surface area contributed by atoms with Gasteiger partial charge in [0.15, 0.2) is 5.75 Å². The number of benzene rings is 2. The largest absolute Gasteiger partial charge is 0.488 e. The zero-order valence-corrected chi connectivity index (χ0v) is 27.7. The lowest BCUT2D eigenvalue weighted by molar-refractivity contribution is -0.143. The second kappa shape index (κ2) is 16.1. The Bertz CT molecular complexity index is 1750. The molecule has 53 heavy (non-hydrogen) atoms. The van der Waals surface area contributed by atoms with E-state index in [1.807, 2.05) is 0 Å². The zero-order chi connectivity index (χ0) is 39.4. The number of carbonyl (C=O) groups excluding carboxylic acids is 1. The summed E-state index contributed by atoms with van der Waals surface area (Å²) < 4.78 is 140. The van der Waals surface area contributed by atoms with Crippen LogP contribution in [-0.4, -0.2) is 70.9 Å². The van der Waals surface area contributed by atoms with Crippen molar-refractivity contribution in [2.24, 2.45) is 5.73 Å². The first-order valence-corrected chi connectivity index (χ1v) is 15.8. The van der Waals surface area contributed by atoms with Crippen molar-refractivity contribution >= 4 is 17.7 Å². The van der Waals surface area contributed by atoms with E-state index in [1.165, 1.54) is 0 Å². The number of carboxylic acids is 1. The number of anilines is 1. The van der Waals surface area contributed by atoms with Crippen molar-refractivity contribution in [3.63, 3.8) is 0 Å². The molecule has 2 aromatic carbocycles. The number of hydrogen-bond donors (Lipinski definition) is 3. The number of nitrogens with two attached hydrogens (primary N) is 1. The number of alkyl halides is 9. The second-order valence-corrected chi connectivity index (χ2v) is 11.9. The summed E-state index contributed by atoms with van der Waals surface area (Å²) in [5, 5.41) is 17.9. The van der Waals surface area contributed by atoms with E-state index < -0.39 is 83.9 Å². The van der Waals surface area contributed by atoms with Crippen LogP contribution in [0.4, 0.5) is 50.0 Å². The van der Waals surface area contributed by atoms with E-state index in [0.717, 1.165) is 23.2 Å². The molecule has 20 heteroatoms. The smallest absolute Gasteiger partial charge is 0.416 e. The molecule has 1 aromatic heterocycles. The number of ether oxygens (including phenoxy) is 3. The highest BCUT2D eigenvalue weighted by atomic mass is 19.4. The molecule has 1 aliphatic heterocycles. The Balaban J connectivity index is 1.87. The van der Waals surface area contributed by atoms with Crippen molar-refractivity contribution in [1.82, 2.24) is 9.97 Å². The Labute approximate surface area is 295 Å². The number of aliphatic hydroxyl groups excluding tert-OH is 1. The van der Waals surface area contributed by atoms with Crippen LogP contribution in [0.2, 0.25) is 0 Å². The second-order valence-electron chi connectivity index (χ2n) is 11.9. The lowest BCUT2D eigenvalue weighted by Gasteiger charge is -2.46. The fraction of sp³-hybridized carbons (Fsp3) is 0.455. The predicted molar refractivity (Wildman–Crippen MR) is 166 cm³/mol. The van der Waals surface area contributed by atoms with Gasteiger partial charge in [-0.05, 0) is 60.4 Å². The first-order valence-electron chi connectivity index (χ1n) is 15.8. The van der Waals surface area contributed by atoms with Gasteiger partial charge in [0, 0.05) is 12.3 Å². The fourth-order valence-corrected chi connectivity index (χ4v) is 5.64. The molecule has 0 radical (unpaired) electrons. The maximum absolute atomic E-state index is 14.0. The highest BCUT2D eigenvalue weighted by Crippen LogP contribution is 2.48. The van der Waals surface area contributed by atoms with E-state index in [9.17, 15) is 49.1 Å². The summed E-state index contributed by atoms with van der Waals surface area (Å²) in [6.07, 6.45) is -17.0. The number of fused-ring (bicyclic) bond motifs is 1. The summed E-state index contributed by atoms with van der Waals surface area (Å²) in [6, 6.07) is 3.31. The highest BCUT2D eigenvalue weighted by Gasteiger charge is 2.47. The number of aliphatic carboxylic acids is 1. The molecule has 2 heterocycles. The molecule has 2 atom stereocenters. The van der Waals surface area contributed by atoms with Gasteiger partial charge in [-0.1, -0.05) is 6.92 Å². The molecule has 1 aliphatic rings. The molecule has 0 fully saturated rings. The number of aliphatic hydroxyl groups is 1. The fourth-order valence-electron chi connectivity index (χ4n) is 5.64. The van der Waals surface area contributed by atoms with Crippen LogP contribution in [0.25, 0.3) is 0 Å². The molecule has 0 aliphatic carbocycles. The summed E-state index contributed by atoms with van der Waals surface area (Å²) >= 11 is 0. The molecule has 4 rings (SSSR count). The van der Waals surface area contributed by atoms with Crippen molar-refractivity contribution in [1.29, 1.82) is 0 Å². The molecule has 0 spiro atoms. The van der Waals surface area contributed by atoms with Crippen molar-refractivity contribution in [2.75, 3.05) is 37.9 Å². The lowest BCUT2D eigenvalue weighted by Crippen LogP contribution is -2.61. The van der Waals surface area contributed by atoms with Gasteiger partial charge in [-0.25, -0.2) is 14.8 Å². The van der Waals surface area contributed by atoms with Crippen LogP contribution in [0.1, 0.15) is 71.4 Å². The van der Waals surface area contributed by atoms with Crippen molar-refractivity contribution in [3.8, 4) is 5.75 Å². The number of carboxylic acid groups (broad SMARTS) is 1. The third-order valence-electron chi connectivity index (χ3n) is 8.21. The van der Waals surface area contributed by atoms with Gasteiger partial charge in [0.25, 0.3) is 0 Å². The Hall–Kier alpha value is -4.69. The van der Waals surface area contributed by atoms with E-state index in [-0.39, 0.29) is 73.9 Å². The van der Waals surface area contributed by atoms with Gasteiger partial charge in [0.05, 0.1) is 60.5 Å². The van der Waals surface area contributed by atoms with Gasteiger partial charge in [0.2, 0.25) is 0 Å². The Morgan fingerprint density at radius 2 is 1.57 bits per heavy atom. The standard InChI is InChI=1S/C33H33F9N4O7/c1-2-30(43)16-23(22-15-19(31(34,35)36)3-4-25(22)46(30)29(50)53-7-5-27(48)49)28-44-17-26(52-10-9-51-8-6-47)24(45-28)13-18-11-20(32(37,38)39)14-21(12-18)33(40,41)42/h3-4,11-12,14-15,17,23,47H,2,5-10,13,16,43H2,1H3,(H,48,49)/t23-,30+/m0/s1. The van der Waals surface area contributed by atoms with Crippen LogP contribution in [0.5, 0.6) is 5.75 Å². The molecule has 0 bridgehead atoms. The zero-order valence-electron chi connectivity index (χ0n) is 27.7. The average Bonchev–Trinajstić information content (AvgIpc) is 3.06. The van der Waals surface area contributed by atoms with E-state index in [1.54, 1.807) is 6.92 Å². The number of nitrogens with zero attached hydrogens (tertiary/aromatic N) is 3. The number of halogens is 9. The number of rotatable bonds is 13. The number of amides is 1. The Kier molecular flexibility index (Phi) is 12.5. The lowest BCUT2D eigenvalue weighted by atomic mass is 9.80. The van der Waals surface area contributed by atoms with Gasteiger partial charge < -0.3 is 30.2 Å². The normalized spacial score (nSPS) is 17.7. The average molecular weight is 769 g/mol. The van der Waals surface area contributed by atoms with Gasteiger partial charge in [-0.2, -0.15) is 39.5 Å². The topological polar surface area (TPSA) is 157 Å². The Morgan fingerprint density at radius 3 is 2.13 bits per heavy atom. The van der Waals surface area contributed by atoms with Crippen LogP contribution in [0.3, 0.4) is 0 Å². The van der Waals surface area contributed by atoms with Crippen LogP contribution in [0, 0.1) is 0 Å². The first kappa shape index (κ1) is 41.1. The molecule has 3 aromatic rings. The van der Waals surface area contributed by atoms with Crippen molar-refractivity contribution in [3.05, 3.63) is 81.9 Å². The molecule has 1 amide bonds. The van der Waals surface area contributed by atoms with Gasteiger partial charge >= 0.3 is 30.6 Å². The first-order chi connectivity index (χ1) is 24.7. The number of carbonyl (C=O) groups is 2. The third-order valence-corrected chi connectivity index (χ3v) is 8.21. The summed E-state index contributed by atoms with van der Waals surface area (Å²) in [7, 11) is 0. The monoisotopic (exact) mass is 768 g/mol. The SMILES string of the molecule is CC[C@]1(N)C[C@H](c2ncc(OCCOCCO)c(Cc3cc(C(F)(F)F)cc(C(F)(F)F)c3)n2)c2cc(C(F)(F)F)ccc2N1C(=O)OCCC(=O)O. The van der Waals surface area contributed by atoms with E-state index in [0.29, 0.717) is 18.2 Å². The summed E-state index contributed by atoms with van der Waals surface area (Å²) in [5.41, 5.74) is -0.443. The van der Waals surface area contributed by atoms with Gasteiger partial charge in [0.1, 0.15) is 24.7 Å². The number of hydrogen-bond acceptors (Lipinski definition) is 9. The van der Waals surface area contributed by atoms with E-state index in [4.69, 9.17) is 30.2 Å². The molecule has 11 nitrogen and oxygen atoms in total. The van der Waals surface area contributed by atoms with Crippen molar-refractivity contribution < 1.29 is 73.5 Å². The molecule has 4 N–H and O–H groups in total. The van der Waals surface area contributed by atoms with Crippen LogP contribution in [0.15, 0.2) is 42.6 Å². The van der Waals surface area contributed by atoms with Crippen LogP contribution >= 0.6 is 0 Å². The summed E-state index contributed by atoms with van der Waals surface area (Å²) in [5.74, 6) is -2.99. The van der Waals surface area contributed by atoms with Gasteiger partial charge in [-0.3, -0.25) is 9.69 Å². The molecule has 0 saturated carbocycles. The minimum atomic E-state index is -5.16. The minimum Gasteiger partial charge on any atom is -0.488 e. The molecular formula is C33H33F9N4O7. The maximum atomic E-state index is 14.0. The maximum Gasteiger partial charge on any atom is 0.416 e. The van der Waals surface area contributed by atoms with Crippen LogP contribution < -0.4 is 15.4 Å². The summed E-state index contributed by atoms with van der Waals surface area (Å²) in [6.45, 7) is 0.237. The highest BCUT2D eigenvalue weighted by molar-refractivity contribution is 5.91. The van der Waals surface area contributed by atoms with Crippen molar-refractivity contribution in [2.45, 2.75) is 62.7 Å². The molecule has 0 saturated heterocycles. The molecule has 290 valence electrons. The number of aromatic nitrogens is 2. The van der Waals surface area contributed by atoms with E-state index in [2.05, 4.69) is 9.97 Å². The van der Waals surface area contributed by atoms with Crippen LogP contribution in [-0.2, 0) is 39.2 Å². The predicted octanol–water partition coefficient (Wildman–Crippen LogP) is 6.53. The third kappa shape index (κ3) is 10.0. The minimum absolute atomic E-state index is 0.0374. The molecular weight excluding hydrogens is 735 g/mol. The summed E-state index contributed by atoms with van der Waals surface area (Å²) in [4.78, 5) is 33.8.